The fourth-order valence-electron chi connectivity index (χ4n) is 3.53. The number of aromatic nitrogens is 2. The smallest absolute Gasteiger partial charge is 0.246 e. The zero-order valence-electron chi connectivity index (χ0n) is 12.8. The van der Waals surface area contributed by atoms with Crippen molar-refractivity contribution in [3.63, 3.8) is 0 Å². The first-order valence-corrected chi connectivity index (χ1v) is 8.15. The number of likely N-dealkylation sites (tertiary alicyclic amines) is 1. The molecule has 0 aromatic carbocycles. The number of nitrogens with two attached hydrogens (primary N) is 1. The fourth-order valence-corrected chi connectivity index (χ4v) is 3.53. The van der Waals surface area contributed by atoms with E-state index in [1.165, 1.54) is 12.8 Å². The van der Waals surface area contributed by atoms with Crippen LogP contribution in [0, 0.1) is 5.92 Å². The molecule has 1 atom stereocenters. The highest BCUT2D eigenvalue weighted by molar-refractivity contribution is 5.78. The molecule has 0 radical (unpaired) electrons. The van der Waals surface area contributed by atoms with Gasteiger partial charge in [-0.05, 0) is 44.7 Å². The number of aliphatic hydroxyl groups is 1. The molecule has 2 aliphatic rings. The Bertz CT molecular complexity index is 505. The summed E-state index contributed by atoms with van der Waals surface area (Å²) in [5.41, 5.74) is 5.15. The van der Waals surface area contributed by atoms with Gasteiger partial charge in [0, 0.05) is 5.92 Å². The van der Waals surface area contributed by atoms with Crippen molar-refractivity contribution in [2.24, 2.45) is 11.7 Å². The predicted octanol–water partition coefficient (Wildman–Crippen LogP) is 0.785. The Labute approximate surface area is 129 Å². The second-order valence-electron chi connectivity index (χ2n) is 6.49. The molecule has 7 heteroatoms. The van der Waals surface area contributed by atoms with Crippen LogP contribution < -0.4 is 5.73 Å². The van der Waals surface area contributed by atoms with Gasteiger partial charge in [-0.25, -0.2) is 0 Å². The first-order valence-electron chi connectivity index (χ1n) is 8.15. The van der Waals surface area contributed by atoms with E-state index in [0.29, 0.717) is 18.4 Å². The van der Waals surface area contributed by atoms with Gasteiger partial charge in [0.1, 0.15) is 6.10 Å². The van der Waals surface area contributed by atoms with Gasteiger partial charge in [0.2, 0.25) is 11.8 Å². The molecule has 1 aliphatic heterocycles. The van der Waals surface area contributed by atoms with E-state index in [2.05, 4.69) is 15.0 Å². The Kier molecular flexibility index (Phi) is 4.73. The summed E-state index contributed by atoms with van der Waals surface area (Å²) in [4.78, 5) is 17.8. The van der Waals surface area contributed by atoms with Crippen molar-refractivity contribution in [3.05, 3.63) is 11.7 Å². The quantitative estimate of drug-likeness (QED) is 0.833. The van der Waals surface area contributed by atoms with Gasteiger partial charge in [-0.15, -0.1) is 0 Å². The highest BCUT2D eigenvalue weighted by atomic mass is 16.5. The molecule has 1 saturated carbocycles. The molecule has 2 fully saturated rings. The van der Waals surface area contributed by atoms with Gasteiger partial charge in [-0.1, -0.05) is 18.0 Å². The molecule has 1 aliphatic carbocycles. The van der Waals surface area contributed by atoms with Crippen molar-refractivity contribution in [2.75, 3.05) is 13.1 Å². The molecule has 2 heterocycles. The van der Waals surface area contributed by atoms with E-state index < -0.39 is 12.0 Å². The van der Waals surface area contributed by atoms with E-state index in [1.54, 1.807) is 0 Å². The number of piperidine rings is 1. The minimum absolute atomic E-state index is 0.0366. The summed E-state index contributed by atoms with van der Waals surface area (Å²) in [7, 11) is 0. The Morgan fingerprint density at radius 2 is 2.00 bits per heavy atom. The van der Waals surface area contributed by atoms with E-state index in [9.17, 15) is 9.90 Å². The van der Waals surface area contributed by atoms with Crippen LogP contribution in [0.4, 0.5) is 0 Å². The number of hydrogen-bond acceptors (Lipinski definition) is 6. The number of carbonyl (C=O) groups is 1. The third-order valence-corrected chi connectivity index (χ3v) is 4.93. The molecular formula is C15H24N4O3. The highest BCUT2D eigenvalue weighted by Crippen LogP contribution is 2.32. The zero-order valence-corrected chi connectivity index (χ0v) is 12.8. The Morgan fingerprint density at radius 1 is 1.32 bits per heavy atom. The maximum atomic E-state index is 11.0. The van der Waals surface area contributed by atoms with E-state index in [0.717, 1.165) is 44.6 Å². The summed E-state index contributed by atoms with van der Waals surface area (Å²) in [6, 6.07) is 0. The maximum absolute atomic E-state index is 11.0. The summed E-state index contributed by atoms with van der Waals surface area (Å²) in [6.45, 7) is 2.24. The molecule has 0 bridgehead atoms. The Hall–Kier alpha value is -1.47. The van der Waals surface area contributed by atoms with Crippen LogP contribution in [-0.2, 0) is 11.3 Å². The average molecular weight is 308 g/mol. The van der Waals surface area contributed by atoms with Crippen LogP contribution in [0.2, 0.25) is 0 Å². The fraction of sp³-hybridized carbons (Fsp3) is 0.800. The summed E-state index contributed by atoms with van der Waals surface area (Å²) in [6.07, 6.45) is 5.32. The molecule has 0 spiro atoms. The average Bonchev–Trinajstić information content (AvgIpc) is 3.18. The number of rotatable bonds is 5. The third-order valence-electron chi connectivity index (χ3n) is 4.93. The third kappa shape index (κ3) is 3.47. The van der Waals surface area contributed by atoms with E-state index in [-0.39, 0.29) is 5.92 Å². The van der Waals surface area contributed by atoms with Crippen LogP contribution in [0.25, 0.3) is 0 Å². The molecule has 3 N–H and O–H groups in total. The number of carbonyl (C=O) groups excluding carboxylic acids is 1. The first-order chi connectivity index (χ1) is 10.6. The number of hydrogen-bond donors (Lipinski definition) is 2. The highest BCUT2D eigenvalue weighted by Gasteiger charge is 2.29. The van der Waals surface area contributed by atoms with Crippen LogP contribution in [0.3, 0.4) is 0 Å². The first kappa shape index (κ1) is 15.4. The van der Waals surface area contributed by atoms with Crippen molar-refractivity contribution in [1.29, 1.82) is 0 Å². The number of nitrogens with zero attached hydrogens (tertiary/aromatic N) is 3. The van der Waals surface area contributed by atoms with Crippen molar-refractivity contribution in [2.45, 2.75) is 57.1 Å². The monoisotopic (exact) mass is 308 g/mol. The lowest BCUT2D eigenvalue weighted by molar-refractivity contribution is -0.129. The molecule has 122 valence electrons. The molecule has 1 amide bonds. The zero-order chi connectivity index (χ0) is 15.5. The Morgan fingerprint density at radius 3 is 2.64 bits per heavy atom. The maximum Gasteiger partial charge on any atom is 0.246 e. The minimum atomic E-state index is -1.03. The SMILES string of the molecule is NC(=O)C(O)C1CCN(Cc2nc(C3CCCC3)no2)CC1. The van der Waals surface area contributed by atoms with Crippen LogP contribution in [-0.4, -0.2) is 45.2 Å². The van der Waals surface area contributed by atoms with Crippen LogP contribution in [0.1, 0.15) is 56.2 Å². The molecule has 3 rings (SSSR count). The van der Waals surface area contributed by atoms with Gasteiger partial charge in [-0.2, -0.15) is 4.98 Å². The number of primary amides is 1. The van der Waals surface area contributed by atoms with Crippen molar-refractivity contribution >= 4 is 5.91 Å². The minimum Gasteiger partial charge on any atom is -0.383 e. The topological polar surface area (TPSA) is 105 Å². The molecule has 1 saturated heterocycles. The summed E-state index contributed by atoms with van der Waals surface area (Å²) in [5.74, 6) is 1.32. The normalized spacial score (nSPS) is 23.0. The molecule has 22 heavy (non-hydrogen) atoms. The van der Waals surface area contributed by atoms with Crippen LogP contribution in [0.5, 0.6) is 0 Å². The van der Waals surface area contributed by atoms with Crippen LogP contribution >= 0.6 is 0 Å². The Balaban J connectivity index is 1.49. The lowest BCUT2D eigenvalue weighted by Gasteiger charge is -2.32. The molecule has 7 nitrogen and oxygen atoms in total. The van der Waals surface area contributed by atoms with Gasteiger partial charge in [0.15, 0.2) is 5.82 Å². The molecule has 1 aromatic heterocycles. The van der Waals surface area contributed by atoms with Crippen molar-refractivity contribution < 1.29 is 14.4 Å². The summed E-state index contributed by atoms with van der Waals surface area (Å²) < 4.78 is 5.37. The number of aliphatic hydroxyl groups excluding tert-OH is 1. The van der Waals surface area contributed by atoms with E-state index in [4.69, 9.17) is 10.3 Å². The van der Waals surface area contributed by atoms with Gasteiger partial charge in [0.25, 0.3) is 0 Å². The van der Waals surface area contributed by atoms with Gasteiger partial charge in [-0.3, -0.25) is 9.69 Å². The number of amides is 1. The largest absolute Gasteiger partial charge is 0.383 e. The van der Waals surface area contributed by atoms with Gasteiger partial charge in [0.05, 0.1) is 6.54 Å². The van der Waals surface area contributed by atoms with E-state index in [1.807, 2.05) is 0 Å². The molecule has 1 unspecified atom stereocenters. The van der Waals surface area contributed by atoms with Crippen LogP contribution in [0.15, 0.2) is 4.52 Å². The lowest BCUT2D eigenvalue weighted by Crippen LogP contribution is -2.42. The van der Waals surface area contributed by atoms with Gasteiger partial charge >= 0.3 is 0 Å². The standard InChI is InChI=1S/C15H24N4O3/c16-14(21)13(20)10-5-7-19(8-6-10)9-12-17-15(18-22-12)11-3-1-2-4-11/h10-11,13,20H,1-9H2,(H2,16,21). The second-order valence-corrected chi connectivity index (χ2v) is 6.49. The van der Waals surface area contributed by atoms with E-state index >= 15 is 0 Å². The predicted molar refractivity (Wildman–Crippen MR) is 78.7 cm³/mol. The van der Waals surface area contributed by atoms with Gasteiger partial charge < -0.3 is 15.4 Å². The van der Waals surface area contributed by atoms with Crippen molar-refractivity contribution in [3.8, 4) is 0 Å². The molecular weight excluding hydrogens is 284 g/mol. The lowest BCUT2D eigenvalue weighted by atomic mass is 9.91. The summed E-state index contributed by atoms with van der Waals surface area (Å²) in [5, 5.41) is 13.8. The summed E-state index contributed by atoms with van der Waals surface area (Å²) >= 11 is 0. The molecule has 1 aromatic rings. The second kappa shape index (κ2) is 6.75. The van der Waals surface area contributed by atoms with Crippen molar-refractivity contribution in [1.82, 2.24) is 15.0 Å².